The van der Waals surface area contributed by atoms with E-state index in [0.29, 0.717) is 5.92 Å². The molecule has 1 saturated heterocycles. The molecule has 2 rings (SSSR count). The molecule has 4 heteroatoms. The molecule has 1 aliphatic rings. The predicted octanol–water partition coefficient (Wildman–Crippen LogP) is 2.48. The minimum Gasteiger partial charge on any atom is -0.341 e. The van der Waals surface area contributed by atoms with Gasteiger partial charge >= 0.3 is 0 Å². The van der Waals surface area contributed by atoms with E-state index in [9.17, 15) is 4.79 Å². The van der Waals surface area contributed by atoms with Crippen LogP contribution in [0.15, 0.2) is 29.2 Å². The van der Waals surface area contributed by atoms with E-state index in [1.165, 1.54) is 12.8 Å². The molecule has 0 radical (unpaired) electrons. The Morgan fingerprint density at radius 1 is 1.37 bits per heavy atom. The number of nitrogens with zero attached hydrogens (tertiary/aromatic N) is 1. The van der Waals surface area contributed by atoms with E-state index in [2.05, 4.69) is 5.32 Å². The highest BCUT2D eigenvalue weighted by atomic mass is 32.2. The second-order valence-corrected chi connectivity index (χ2v) is 5.93. The fourth-order valence-electron chi connectivity index (χ4n) is 2.56. The maximum atomic E-state index is 12.5. The second-order valence-electron chi connectivity index (χ2n) is 5.08. The van der Waals surface area contributed by atoms with Gasteiger partial charge in [0.05, 0.1) is 5.56 Å². The fourth-order valence-corrected chi connectivity index (χ4v) is 3.15. The lowest BCUT2D eigenvalue weighted by atomic mass is 9.97. The summed E-state index contributed by atoms with van der Waals surface area (Å²) in [6, 6.07) is 7.85. The Balaban J connectivity index is 2.01. The molecule has 3 nitrogen and oxygen atoms in total. The third-order valence-corrected chi connectivity index (χ3v) is 4.47. The lowest BCUT2D eigenvalue weighted by Gasteiger charge is -2.28. The Morgan fingerprint density at radius 3 is 2.74 bits per heavy atom. The van der Waals surface area contributed by atoms with Crippen molar-refractivity contribution in [2.24, 2.45) is 5.92 Å². The van der Waals surface area contributed by atoms with Crippen molar-refractivity contribution in [2.75, 3.05) is 32.9 Å². The number of piperidine rings is 1. The Labute approximate surface area is 119 Å². The molecule has 1 heterocycles. The topological polar surface area (TPSA) is 32.3 Å². The smallest absolute Gasteiger partial charge is 0.254 e. The number of hydrogen-bond acceptors (Lipinski definition) is 3. The largest absolute Gasteiger partial charge is 0.341 e. The van der Waals surface area contributed by atoms with Crippen molar-refractivity contribution in [1.29, 1.82) is 0 Å². The van der Waals surface area contributed by atoms with Crippen LogP contribution in [0.4, 0.5) is 0 Å². The quantitative estimate of drug-likeness (QED) is 0.859. The molecule has 1 N–H and O–H groups in total. The van der Waals surface area contributed by atoms with Gasteiger partial charge in [-0.3, -0.25) is 4.79 Å². The number of thioether (sulfide) groups is 1. The second kappa shape index (κ2) is 6.96. The van der Waals surface area contributed by atoms with E-state index >= 15 is 0 Å². The molecule has 0 unspecified atom stereocenters. The molecule has 0 spiro atoms. The maximum Gasteiger partial charge on any atom is 0.254 e. The van der Waals surface area contributed by atoms with Gasteiger partial charge in [0.25, 0.3) is 5.91 Å². The third kappa shape index (κ3) is 3.74. The van der Waals surface area contributed by atoms with Gasteiger partial charge in [-0.2, -0.15) is 0 Å². The molecule has 0 atom stereocenters. The summed E-state index contributed by atoms with van der Waals surface area (Å²) in [5, 5.41) is 3.36. The van der Waals surface area contributed by atoms with Crippen molar-refractivity contribution >= 4 is 17.7 Å². The molecule has 0 bridgehead atoms. The molecular formula is C15H22N2OS. The van der Waals surface area contributed by atoms with Crippen molar-refractivity contribution in [3.8, 4) is 0 Å². The van der Waals surface area contributed by atoms with E-state index in [1.807, 2.05) is 42.5 Å². The van der Waals surface area contributed by atoms with Crippen molar-refractivity contribution < 1.29 is 4.79 Å². The van der Waals surface area contributed by atoms with Crippen LogP contribution >= 0.6 is 11.8 Å². The highest BCUT2D eigenvalue weighted by molar-refractivity contribution is 7.98. The van der Waals surface area contributed by atoms with E-state index in [4.69, 9.17) is 0 Å². The molecule has 0 saturated carbocycles. The predicted molar refractivity (Wildman–Crippen MR) is 80.8 cm³/mol. The maximum absolute atomic E-state index is 12.5. The molecule has 1 aliphatic heterocycles. The van der Waals surface area contributed by atoms with Gasteiger partial charge in [-0.1, -0.05) is 12.1 Å². The average Bonchev–Trinajstić information content (AvgIpc) is 2.47. The number of nitrogens with one attached hydrogen (secondary N) is 1. The molecule has 1 aromatic carbocycles. The zero-order valence-corrected chi connectivity index (χ0v) is 12.5. The molecule has 104 valence electrons. The first kappa shape index (κ1) is 14.4. The summed E-state index contributed by atoms with van der Waals surface area (Å²) in [6.45, 7) is 3.02. The normalized spacial score (nSPS) is 16.3. The van der Waals surface area contributed by atoms with Crippen LogP contribution in [-0.4, -0.2) is 43.7 Å². The number of hydrogen-bond donors (Lipinski definition) is 1. The van der Waals surface area contributed by atoms with Crippen LogP contribution in [0.25, 0.3) is 0 Å². The first-order valence-corrected chi connectivity index (χ1v) is 8.04. The van der Waals surface area contributed by atoms with Gasteiger partial charge in [0.2, 0.25) is 0 Å². The van der Waals surface area contributed by atoms with Crippen LogP contribution in [0, 0.1) is 5.92 Å². The first-order chi connectivity index (χ1) is 9.22. The molecular weight excluding hydrogens is 256 g/mol. The summed E-state index contributed by atoms with van der Waals surface area (Å²) in [5.74, 6) is 0.778. The number of rotatable bonds is 4. The van der Waals surface area contributed by atoms with Crippen LogP contribution in [-0.2, 0) is 0 Å². The fraction of sp³-hybridized carbons (Fsp3) is 0.533. The number of carbonyl (C=O) groups excluding carboxylic acids is 1. The summed E-state index contributed by atoms with van der Waals surface area (Å²) in [5.41, 5.74) is 0.825. The lowest BCUT2D eigenvalue weighted by Crippen LogP contribution is -2.37. The Morgan fingerprint density at radius 2 is 2.05 bits per heavy atom. The van der Waals surface area contributed by atoms with Crippen molar-refractivity contribution in [3.05, 3.63) is 29.8 Å². The summed E-state index contributed by atoms with van der Waals surface area (Å²) in [6.07, 6.45) is 4.35. The van der Waals surface area contributed by atoms with Crippen LogP contribution in [0.5, 0.6) is 0 Å². The van der Waals surface area contributed by atoms with E-state index in [0.717, 1.165) is 30.1 Å². The van der Waals surface area contributed by atoms with Crippen molar-refractivity contribution in [2.45, 2.75) is 17.7 Å². The molecule has 19 heavy (non-hydrogen) atoms. The van der Waals surface area contributed by atoms with Crippen molar-refractivity contribution in [1.82, 2.24) is 10.2 Å². The van der Waals surface area contributed by atoms with Gasteiger partial charge in [-0.25, -0.2) is 0 Å². The molecule has 1 fully saturated rings. The molecule has 0 aliphatic carbocycles. The summed E-state index contributed by atoms with van der Waals surface area (Å²) >= 11 is 1.63. The van der Waals surface area contributed by atoms with Gasteiger partial charge in [0, 0.05) is 18.5 Å². The Hall–Kier alpha value is -1.00. The summed E-state index contributed by atoms with van der Waals surface area (Å²) in [4.78, 5) is 15.4. The standard InChI is InChI=1S/C15H22N2OS/c1-17(11-12-7-9-16-10-8-12)15(18)13-5-3-4-6-14(13)19-2/h3-6,12,16H,7-11H2,1-2H3. The average molecular weight is 278 g/mol. The minimum atomic E-state index is 0.142. The van der Waals surface area contributed by atoms with Crippen LogP contribution in [0.3, 0.4) is 0 Å². The van der Waals surface area contributed by atoms with Gasteiger partial charge in [-0.15, -0.1) is 11.8 Å². The van der Waals surface area contributed by atoms with E-state index in [-0.39, 0.29) is 5.91 Å². The highest BCUT2D eigenvalue weighted by Gasteiger charge is 2.20. The third-order valence-electron chi connectivity index (χ3n) is 3.67. The molecule has 1 amide bonds. The molecule has 0 aromatic heterocycles. The number of benzene rings is 1. The van der Waals surface area contributed by atoms with E-state index < -0.39 is 0 Å². The van der Waals surface area contributed by atoms with Crippen molar-refractivity contribution in [3.63, 3.8) is 0 Å². The number of amides is 1. The summed E-state index contributed by atoms with van der Waals surface area (Å²) < 4.78 is 0. The van der Waals surface area contributed by atoms with Crippen LogP contribution < -0.4 is 5.32 Å². The Bertz CT molecular complexity index is 430. The molecule has 1 aromatic rings. The zero-order chi connectivity index (χ0) is 13.7. The highest BCUT2D eigenvalue weighted by Crippen LogP contribution is 2.22. The Kier molecular flexibility index (Phi) is 5.28. The van der Waals surface area contributed by atoms with Crippen LogP contribution in [0.1, 0.15) is 23.2 Å². The first-order valence-electron chi connectivity index (χ1n) is 6.81. The van der Waals surface area contributed by atoms with E-state index in [1.54, 1.807) is 11.8 Å². The monoisotopic (exact) mass is 278 g/mol. The van der Waals surface area contributed by atoms with Gasteiger partial charge in [0.15, 0.2) is 0 Å². The lowest BCUT2D eigenvalue weighted by molar-refractivity contribution is 0.0759. The summed E-state index contributed by atoms with van der Waals surface area (Å²) in [7, 11) is 1.92. The SMILES string of the molecule is CSc1ccccc1C(=O)N(C)CC1CCNCC1. The van der Waals surface area contributed by atoms with Gasteiger partial charge in [-0.05, 0) is 50.2 Å². The number of carbonyl (C=O) groups is 1. The van der Waals surface area contributed by atoms with Crippen LogP contribution in [0.2, 0.25) is 0 Å². The zero-order valence-electron chi connectivity index (χ0n) is 11.7. The van der Waals surface area contributed by atoms with Gasteiger partial charge < -0.3 is 10.2 Å². The minimum absolute atomic E-state index is 0.142. The van der Waals surface area contributed by atoms with Gasteiger partial charge in [0.1, 0.15) is 0 Å².